The number of benzene rings is 1. The molecule has 0 bridgehead atoms. The Morgan fingerprint density at radius 3 is 2.58 bits per heavy atom. The van der Waals surface area contributed by atoms with Crippen LogP contribution in [0, 0.1) is 0 Å². The van der Waals surface area contributed by atoms with E-state index in [9.17, 15) is 4.79 Å². The number of nitrogens with zero attached hydrogens (tertiary/aromatic N) is 3. The summed E-state index contributed by atoms with van der Waals surface area (Å²) in [6, 6.07) is 13.4. The van der Waals surface area contributed by atoms with Gasteiger partial charge in [-0.15, -0.1) is 0 Å². The molecular formula is C20H25N3O3. The normalized spacial score (nSPS) is 14.9. The molecule has 0 spiro atoms. The standard InChI is InChI=1S/C20H25N3O3/c1-2-25-20(24)18-9-6-10-21-19(18)23-13-11-22(12-14-23)15-16-26-17-7-4-3-5-8-17/h3-10H,2,11-16H2,1H3. The fraction of sp³-hybridized carbons (Fsp3) is 0.400. The Kier molecular flexibility index (Phi) is 6.44. The van der Waals surface area contributed by atoms with Gasteiger partial charge in [0.05, 0.1) is 6.61 Å². The fourth-order valence-corrected chi connectivity index (χ4v) is 3.01. The second-order valence-electron chi connectivity index (χ2n) is 6.09. The van der Waals surface area contributed by atoms with Crippen LogP contribution in [-0.2, 0) is 4.74 Å². The molecule has 1 aromatic heterocycles. The van der Waals surface area contributed by atoms with Crippen LogP contribution in [0.1, 0.15) is 17.3 Å². The third kappa shape index (κ3) is 4.73. The average Bonchev–Trinajstić information content (AvgIpc) is 2.70. The summed E-state index contributed by atoms with van der Waals surface area (Å²) in [4.78, 5) is 21.1. The molecule has 138 valence electrons. The Hall–Kier alpha value is -2.60. The van der Waals surface area contributed by atoms with Gasteiger partial charge in [0, 0.05) is 38.9 Å². The van der Waals surface area contributed by atoms with Crippen molar-refractivity contribution < 1.29 is 14.3 Å². The molecule has 0 N–H and O–H groups in total. The maximum Gasteiger partial charge on any atom is 0.341 e. The molecule has 2 heterocycles. The zero-order chi connectivity index (χ0) is 18.2. The molecule has 1 aromatic carbocycles. The van der Waals surface area contributed by atoms with Gasteiger partial charge in [-0.1, -0.05) is 18.2 Å². The molecule has 0 aliphatic carbocycles. The number of esters is 1. The van der Waals surface area contributed by atoms with E-state index in [2.05, 4.69) is 14.8 Å². The first-order valence-corrected chi connectivity index (χ1v) is 9.05. The van der Waals surface area contributed by atoms with Gasteiger partial charge in [0.1, 0.15) is 23.7 Å². The average molecular weight is 355 g/mol. The molecule has 1 saturated heterocycles. The first-order chi connectivity index (χ1) is 12.8. The zero-order valence-corrected chi connectivity index (χ0v) is 15.1. The maximum atomic E-state index is 12.1. The molecule has 1 fully saturated rings. The summed E-state index contributed by atoms with van der Waals surface area (Å²) in [5, 5.41) is 0. The Labute approximate surface area is 154 Å². The van der Waals surface area contributed by atoms with Crippen LogP contribution < -0.4 is 9.64 Å². The number of rotatable bonds is 7. The van der Waals surface area contributed by atoms with Crippen molar-refractivity contribution >= 4 is 11.8 Å². The predicted octanol–water partition coefficient (Wildman–Crippen LogP) is 2.46. The van der Waals surface area contributed by atoms with Gasteiger partial charge < -0.3 is 14.4 Å². The van der Waals surface area contributed by atoms with Crippen molar-refractivity contribution in [2.75, 3.05) is 50.8 Å². The summed E-state index contributed by atoms with van der Waals surface area (Å²) in [7, 11) is 0. The van der Waals surface area contributed by atoms with Crippen molar-refractivity contribution in [3.8, 4) is 5.75 Å². The molecule has 0 saturated carbocycles. The summed E-state index contributed by atoms with van der Waals surface area (Å²) in [6.07, 6.45) is 1.72. The van der Waals surface area contributed by atoms with E-state index in [4.69, 9.17) is 9.47 Å². The highest BCUT2D eigenvalue weighted by Gasteiger charge is 2.23. The lowest BCUT2D eigenvalue weighted by atomic mass is 10.2. The van der Waals surface area contributed by atoms with Crippen molar-refractivity contribution in [2.45, 2.75) is 6.92 Å². The monoisotopic (exact) mass is 355 g/mol. The summed E-state index contributed by atoms with van der Waals surface area (Å²) in [6.45, 7) is 7.21. The highest BCUT2D eigenvalue weighted by Crippen LogP contribution is 2.20. The summed E-state index contributed by atoms with van der Waals surface area (Å²) < 4.78 is 10.9. The molecule has 6 nitrogen and oxygen atoms in total. The number of anilines is 1. The fourth-order valence-electron chi connectivity index (χ4n) is 3.01. The van der Waals surface area contributed by atoms with Gasteiger partial charge in [-0.2, -0.15) is 0 Å². The largest absolute Gasteiger partial charge is 0.492 e. The predicted molar refractivity (Wildman–Crippen MR) is 101 cm³/mol. The second-order valence-corrected chi connectivity index (χ2v) is 6.09. The van der Waals surface area contributed by atoms with Crippen LogP contribution in [0.2, 0.25) is 0 Å². The van der Waals surface area contributed by atoms with E-state index in [1.165, 1.54) is 0 Å². The van der Waals surface area contributed by atoms with Crippen LogP contribution in [0.5, 0.6) is 5.75 Å². The van der Waals surface area contributed by atoms with Crippen molar-refractivity contribution in [3.05, 3.63) is 54.2 Å². The SMILES string of the molecule is CCOC(=O)c1cccnc1N1CCN(CCOc2ccccc2)CC1. The van der Waals surface area contributed by atoms with E-state index >= 15 is 0 Å². The molecule has 0 radical (unpaired) electrons. The molecule has 6 heteroatoms. The molecular weight excluding hydrogens is 330 g/mol. The molecule has 1 aliphatic heterocycles. The van der Waals surface area contributed by atoms with E-state index in [0.29, 0.717) is 24.6 Å². The minimum atomic E-state index is -0.311. The molecule has 26 heavy (non-hydrogen) atoms. The van der Waals surface area contributed by atoms with Crippen molar-refractivity contribution in [3.63, 3.8) is 0 Å². The third-order valence-electron chi connectivity index (χ3n) is 4.37. The number of carbonyl (C=O) groups excluding carboxylic acids is 1. The second kappa shape index (κ2) is 9.20. The summed E-state index contributed by atoms with van der Waals surface area (Å²) >= 11 is 0. The van der Waals surface area contributed by atoms with Gasteiger partial charge in [-0.3, -0.25) is 4.90 Å². The topological polar surface area (TPSA) is 54.9 Å². The molecule has 1 aliphatic rings. The van der Waals surface area contributed by atoms with Gasteiger partial charge in [0.25, 0.3) is 0 Å². The van der Waals surface area contributed by atoms with E-state index in [1.54, 1.807) is 18.3 Å². The van der Waals surface area contributed by atoms with Crippen molar-refractivity contribution in [1.82, 2.24) is 9.88 Å². The van der Waals surface area contributed by atoms with Crippen LogP contribution >= 0.6 is 0 Å². The Morgan fingerprint density at radius 1 is 1.08 bits per heavy atom. The Morgan fingerprint density at radius 2 is 1.85 bits per heavy atom. The van der Waals surface area contributed by atoms with Crippen LogP contribution in [0.3, 0.4) is 0 Å². The van der Waals surface area contributed by atoms with E-state index < -0.39 is 0 Å². The third-order valence-corrected chi connectivity index (χ3v) is 4.37. The number of pyridine rings is 1. The van der Waals surface area contributed by atoms with E-state index in [1.807, 2.05) is 37.3 Å². The van der Waals surface area contributed by atoms with Gasteiger partial charge in [-0.25, -0.2) is 9.78 Å². The van der Waals surface area contributed by atoms with Gasteiger partial charge in [-0.05, 0) is 31.2 Å². The quantitative estimate of drug-likeness (QED) is 0.711. The minimum absolute atomic E-state index is 0.311. The van der Waals surface area contributed by atoms with Crippen molar-refractivity contribution in [1.29, 1.82) is 0 Å². The minimum Gasteiger partial charge on any atom is -0.492 e. The van der Waals surface area contributed by atoms with Crippen molar-refractivity contribution in [2.24, 2.45) is 0 Å². The van der Waals surface area contributed by atoms with Gasteiger partial charge >= 0.3 is 5.97 Å². The molecule has 0 amide bonds. The molecule has 3 rings (SSSR count). The van der Waals surface area contributed by atoms with Gasteiger partial charge in [0.2, 0.25) is 0 Å². The number of aromatic nitrogens is 1. The first kappa shape index (κ1) is 18.2. The summed E-state index contributed by atoms with van der Waals surface area (Å²) in [5.41, 5.74) is 0.537. The van der Waals surface area contributed by atoms with Crippen LogP contribution in [-0.4, -0.2) is 61.8 Å². The molecule has 2 aromatic rings. The number of hydrogen-bond donors (Lipinski definition) is 0. The molecule has 0 unspecified atom stereocenters. The van der Waals surface area contributed by atoms with Crippen LogP contribution in [0.15, 0.2) is 48.7 Å². The van der Waals surface area contributed by atoms with Gasteiger partial charge in [0.15, 0.2) is 0 Å². The number of ether oxygens (including phenoxy) is 2. The lowest BCUT2D eigenvalue weighted by Crippen LogP contribution is -2.48. The van der Waals surface area contributed by atoms with E-state index in [0.717, 1.165) is 38.5 Å². The zero-order valence-electron chi connectivity index (χ0n) is 15.1. The lowest BCUT2D eigenvalue weighted by molar-refractivity contribution is 0.0526. The number of piperazine rings is 1. The van der Waals surface area contributed by atoms with E-state index in [-0.39, 0.29) is 5.97 Å². The maximum absolute atomic E-state index is 12.1. The first-order valence-electron chi connectivity index (χ1n) is 9.05. The van der Waals surface area contributed by atoms with Crippen LogP contribution in [0.4, 0.5) is 5.82 Å². The lowest BCUT2D eigenvalue weighted by Gasteiger charge is -2.35. The number of hydrogen-bond acceptors (Lipinski definition) is 6. The highest BCUT2D eigenvalue weighted by molar-refractivity contribution is 5.94. The number of carbonyl (C=O) groups is 1. The highest BCUT2D eigenvalue weighted by atomic mass is 16.5. The smallest absolute Gasteiger partial charge is 0.341 e. The summed E-state index contributed by atoms with van der Waals surface area (Å²) in [5.74, 6) is 1.30. The molecule has 0 atom stereocenters. The van der Waals surface area contributed by atoms with Crippen LogP contribution in [0.25, 0.3) is 0 Å². The Bertz CT molecular complexity index is 700. The Balaban J connectivity index is 1.50. The number of para-hydroxylation sites is 1.